The average Bonchev–Trinajstić information content (AvgIpc) is 2.54. The molecule has 13 heavy (non-hydrogen) atoms. The van der Waals surface area contributed by atoms with Crippen molar-refractivity contribution in [2.24, 2.45) is 0 Å². The molecule has 0 saturated carbocycles. The van der Waals surface area contributed by atoms with Gasteiger partial charge in [0.1, 0.15) is 12.0 Å². The Morgan fingerprint density at radius 1 is 1.15 bits per heavy atom. The molecule has 60 valence electrons. The second kappa shape index (κ2) is 4.22. The number of rotatable bonds is 1. The molecule has 0 radical (unpaired) electrons. The van der Waals surface area contributed by atoms with Crippen LogP contribution in [0.15, 0.2) is 41.0 Å². The maximum Gasteiger partial charge on any atom is 1.00 e. The van der Waals surface area contributed by atoms with Gasteiger partial charge >= 0.3 is 18.9 Å². The van der Waals surface area contributed by atoms with Gasteiger partial charge in [0.15, 0.2) is 0 Å². The van der Waals surface area contributed by atoms with E-state index in [0.717, 1.165) is 11.3 Å². The molecule has 0 amide bonds. The van der Waals surface area contributed by atoms with Crippen LogP contribution >= 0.6 is 0 Å². The summed E-state index contributed by atoms with van der Waals surface area (Å²) in [7, 11) is 0. The Balaban J connectivity index is 0.000000845. The van der Waals surface area contributed by atoms with Crippen LogP contribution in [0.1, 0.15) is 5.89 Å². The summed E-state index contributed by atoms with van der Waals surface area (Å²) in [6.45, 7) is 3.59. The third-order valence-corrected chi connectivity index (χ3v) is 1.62. The van der Waals surface area contributed by atoms with Crippen LogP contribution in [0, 0.1) is 6.92 Å². The summed E-state index contributed by atoms with van der Waals surface area (Å²) in [4.78, 5) is 4.10. The van der Waals surface area contributed by atoms with Gasteiger partial charge in [-0.3, -0.25) is 0 Å². The second-order valence-corrected chi connectivity index (χ2v) is 2.49. The molecule has 0 aliphatic heterocycles. The van der Waals surface area contributed by atoms with Crippen molar-refractivity contribution in [1.82, 2.24) is 4.98 Å². The van der Waals surface area contributed by atoms with Crippen LogP contribution in [0.3, 0.4) is 0 Å². The summed E-state index contributed by atoms with van der Waals surface area (Å²) in [5.74, 6) is 0.453. The quantitative estimate of drug-likeness (QED) is 0.421. The van der Waals surface area contributed by atoms with Crippen LogP contribution in [-0.2, 0) is 0 Å². The van der Waals surface area contributed by atoms with Crippen molar-refractivity contribution < 1.29 is 23.3 Å². The Morgan fingerprint density at radius 3 is 2.38 bits per heavy atom. The first-order valence-electron chi connectivity index (χ1n) is 3.69. The Hall–Kier alpha value is -1.10. The molecule has 0 atom stereocenters. The molecule has 0 fully saturated rings. The fourth-order valence-corrected chi connectivity index (χ4v) is 1.05. The third-order valence-electron chi connectivity index (χ3n) is 1.62. The maximum absolute atomic E-state index is 5.00. The van der Waals surface area contributed by atoms with E-state index in [1.54, 1.807) is 6.26 Å². The van der Waals surface area contributed by atoms with E-state index < -0.39 is 0 Å². The van der Waals surface area contributed by atoms with Crippen molar-refractivity contribution >= 4 is 0 Å². The van der Waals surface area contributed by atoms with Crippen molar-refractivity contribution in [2.45, 2.75) is 0 Å². The summed E-state index contributed by atoms with van der Waals surface area (Å²) in [6.07, 6.45) is 1.61. The number of hydrogen-bond acceptors (Lipinski definition) is 2. The van der Waals surface area contributed by atoms with E-state index in [0.29, 0.717) is 5.89 Å². The first-order valence-corrected chi connectivity index (χ1v) is 3.69. The normalized spacial score (nSPS) is 9.23. The van der Waals surface area contributed by atoms with Gasteiger partial charge < -0.3 is 11.3 Å². The largest absolute Gasteiger partial charge is 1.00 e. The van der Waals surface area contributed by atoms with Crippen molar-refractivity contribution in [2.75, 3.05) is 0 Å². The Labute approximate surface area is 89.2 Å². The molecule has 0 N–H and O–H groups in total. The molecule has 2 rings (SSSR count). The van der Waals surface area contributed by atoms with Crippen molar-refractivity contribution in [1.29, 1.82) is 0 Å². The molecule has 1 aromatic heterocycles. The Bertz CT molecular complexity index is 369. The zero-order valence-electron chi connectivity index (χ0n) is 7.53. The predicted octanol–water partition coefficient (Wildman–Crippen LogP) is -0.472. The minimum absolute atomic E-state index is 0. The van der Waals surface area contributed by atoms with Crippen molar-refractivity contribution in [3.8, 4) is 11.3 Å². The van der Waals surface area contributed by atoms with Crippen LogP contribution < -0.4 is 18.9 Å². The molecule has 0 saturated heterocycles. The number of nitrogens with zero attached hydrogens (tertiary/aromatic N) is 1. The fourth-order valence-electron chi connectivity index (χ4n) is 1.05. The van der Waals surface area contributed by atoms with E-state index in [9.17, 15) is 0 Å². The van der Waals surface area contributed by atoms with Gasteiger partial charge in [-0.2, -0.15) is 0 Å². The van der Waals surface area contributed by atoms with Gasteiger partial charge in [0.25, 0.3) is 0 Å². The Morgan fingerprint density at radius 2 is 1.85 bits per heavy atom. The van der Waals surface area contributed by atoms with Gasteiger partial charge in [0, 0.05) is 5.56 Å². The van der Waals surface area contributed by atoms with Crippen LogP contribution in [0.2, 0.25) is 0 Å². The van der Waals surface area contributed by atoms with E-state index in [2.05, 4.69) is 11.9 Å². The molecule has 2 aromatic rings. The summed E-state index contributed by atoms with van der Waals surface area (Å²) in [5, 5.41) is 0. The second-order valence-electron chi connectivity index (χ2n) is 2.49. The van der Waals surface area contributed by atoms with Gasteiger partial charge in [-0.1, -0.05) is 30.3 Å². The van der Waals surface area contributed by atoms with Gasteiger partial charge in [-0.05, 0) is 0 Å². The van der Waals surface area contributed by atoms with Gasteiger partial charge in [0.2, 0.25) is 0 Å². The minimum Gasteiger partial charge on any atom is -0.479 e. The fraction of sp³-hybridized carbons (Fsp3) is 0. The Kier molecular flexibility index (Phi) is 3.24. The van der Waals surface area contributed by atoms with Crippen LogP contribution in [0.4, 0.5) is 0 Å². The molecular formula is C10H8LiNO. The molecule has 0 bridgehead atoms. The number of oxazole rings is 1. The average molecular weight is 165 g/mol. The van der Waals surface area contributed by atoms with Crippen LogP contribution in [0.25, 0.3) is 11.3 Å². The summed E-state index contributed by atoms with van der Waals surface area (Å²) in [6, 6.07) is 9.86. The van der Waals surface area contributed by atoms with E-state index in [1.807, 2.05) is 30.3 Å². The molecule has 0 unspecified atom stereocenters. The smallest absolute Gasteiger partial charge is 0.479 e. The van der Waals surface area contributed by atoms with Crippen molar-refractivity contribution in [3.63, 3.8) is 0 Å². The van der Waals surface area contributed by atoms with Crippen molar-refractivity contribution in [3.05, 3.63) is 49.4 Å². The van der Waals surface area contributed by atoms with Crippen LogP contribution in [-0.4, -0.2) is 4.98 Å². The first kappa shape index (κ1) is 9.98. The SMILES string of the molecule is [CH2-]c1nc(-c2ccccc2)co1.[Li+]. The van der Waals surface area contributed by atoms with Gasteiger partial charge in [-0.15, -0.1) is 0 Å². The molecule has 0 aliphatic rings. The molecule has 0 spiro atoms. The maximum atomic E-state index is 5.00. The van der Waals surface area contributed by atoms with Gasteiger partial charge in [0.05, 0.1) is 5.89 Å². The molecule has 3 heteroatoms. The standard InChI is InChI=1S/C10H8NO.Li/c1-8-11-10(7-12-8)9-5-3-2-4-6-9;/h2-7H,1H2;/q-1;+1. The summed E-state index contributed by atoms with van der Waals surface area (Å²) >= 11 is 0. The van der Waals surface area contributed by atoms with Gasteiger partial charge in [-0.25, -0.2) is 4.98 Å². The van der Waals surface area contributed by atoms with E-state index in [1.165, 1.54) is 0 Å². The number of benzene rings is 1. The van der Waals surface area contributed by atoms with E-state index in [-0.39, 0.29) is 18.9 Å². The first-order chi connectivity index (χ1) is 5.86. The molecule has 2 nitrogen and oxygen atoms in total. The molecular weight excluding hydrogens is 157 g/mol. The number of hydrogen-bond donors (Lipinski definition) is 0. The van der Waals surface area contributed by atoms with Crippen LogP contribution in [0.5, 0.6) is 0 Å². The molecule has 0 aliphatic carbocycles. The monoisotopic (exact) mass is 165 g/mol. The van der Waals surface area contributed by atoms with E-state index in [4.69, 9.17) is 4.42 Å². The predicted molar refractivity (Wildman–Crippen MR) is 46.4 cm³/mol. The zero-order valence-corrected chi connectivity index (χ0v) is 7.53. The summed E-state index contributed by atoms with van der Waals surface area (Å²) in [5.41, 5.74) is 1.89. The number of aromatic nitrogens is 1. The topological polar surface area (TPSA) is 26.0 Å². The van der Waals surface area contributed by atoms with E-state index >= 15 is 0 Å². The molecule has 1 heterocycles. The zero-order chi connectivity index (χ0) is 8.39. The molecule has 1 aromatic carbocycles. The third kappa shape index (κ3) is 2.18. The minimum atomic E-state index is 0. The summed E-state index contributed by atoms with van der Waals surface area (Å²) < 4.78 is 5.00.